The molecule has 1 aliphatic carbocycles. The fraction of sp³-hybridized carbons (Fsp3) is 0.600. The zero-order valence-corrected chi connectivity index (χ0v) is 15.6. The molecule has 0 N–H and O–H groups in total. The summed E-state index contributed by atoms with van der Waals surface area (Å²) < 4.78 is 0. The van der Waals surface area contributed by atoms with Crippen LogP contribution in [-0.2, 0) is 9.59 Å². The van der Waals surface area contributed by atoms with Crippen molar-refractivity contribution >= 4 is 23.6 Å². The average molecular weight is 359 g/mol. The molecule has 1 aromatic carbocycles. The number of benzene rings is 1. The van der Waals surface area contributed by atoms with Crippen molar-refractivity contribution in [1.29, 1.82) is 0 Å². The van der Waals surface area contributed by atoms with Crippen LogP contribution in [0, 0.1) is 12.8 Å². The summed E-state index contributed by atoms with van der Waals surface area (Å²) in [5.74, 6) is 0.287. The number of aryl methyl sites for hydroxylation is 1. The van der Waals surface area contributed by atoms with Crippen LogP contribution in [0.2, 0.25) is 0 Å². The first-order valence-corrected chi connectivity index (χ1v) is 10.3. The Balaban J connectivity index is 1.28. The molecule has 134 valence electrons. The molecule has 25 heavy (non-hydrogen) atoms. The monoisotopic (exact) mass is 358 g/mol. The Hall–Kier alpha value is -1.49. The van der Waals surface area contributed by atoms with Crippen LogP contribution in [0.5, 0.6) is 0 Å². The topological polar surface area (TPSA) is 40.6 Å². The second kappa shape index (κ2) is 7.02. The first kappa shape index (κ1) is 17.0. The maximum atomic E-state index is 12.8. The molecule has 2 heterocycles. The van der Waals surface area contributed by atoms with E-state index in [9.17, 15) is 9.59 Å². The fourth-order valence-electron chi connectivity index (χ4n) is 3.97. The van der Waals surface area contributed by atoms with Gasteiger partial charge in [-0.15, -0.1) is 11.8 Å². The summed E-state index contributed by atoms with van der Waals surface area (Å²) in [4.78, 5) is 30.1. The molecular formula is C20H26N2O2S. The van der Waals surface area contributed by atoms with Gasteiger partial charge in [0, 0.05) is 42.2 Å². The summed E-state index contributed by atoms with van der Waals surface area (Å²) in [7, 11) is 0. The molecule has 3 aliphatic rings. The minimum absolute atomic E-state index is 0.103. The Bertz CT molecular complexity index is 665. The summed E-state index contributed by atoms with van der Waals surface area (Å²) in [5, 5.41) is 0.582. The molecule has 1 saturated carbocycles. The van der Waals surface area contributed by atoms with Crippen molar-refractivity contribution in [3.8, 4) is 0 Å². The predicted molar refractivity (Wildman–Crippen MR) is 99.5 cm³/mol. The number of likely N-dealkylation sites (tertiary alicyclic amines) is 2. The first-order chi connectivity index (χ1) is 12.1. The molecule has 2 saturated heterocycles. The van der Waals surface area contributed by atoms with E-state index in [0.717, 1.165) is 38.8 Å². The lowest BCUT2D eigenvalue weighted by Gasteiger charge is -2.33. The van der Waals surface area contributed by atoms with Crippen LogP contribution in [-0.4, -0.2) is 52.5 Å². The Morgan fingerprint density at radius 2 is 1.92 bits per heavy atom. The van der Waals surface area contributed by atoms with Gasteiger partial charge in [0.15, 0.2) is 0 Å². The van der Waals surface area contributed by atoms with Crippen LogP contribution >= 0.6 is 11.8 Å². The third kappa shape index (κ3) is 3.86. The van der Waals surface area contributed by atoms with Crippen LogP contribution in [0.25, 0.3) is 0 Å². The van der Waals surface area contributed by atoms with Gasteiger partial charge in [0.1, 0.15) is 0 Å². The summed E-state index contributed by atoms with van der Waals surface area (Å²) in [6.45, 7) is 4.44. The summed E-state index contributed by atoms with van der Waals surface area (Å²) >= 11 is 1.94. The molecule has 1 unspecified atom stereocenters. The molecule has 3 fully saturated rings. The SMILES string of the molecule is Cc1cccc(SC2CCN(C(=O)C3CC(=O)N(C4CC4)C3)CC2)c1. The van der Waals surface area contributed by atoms with Crippen LogP contribution in [0.3, 0.4) is 0 Å². The molecule has 4 nitrogen and oxygen atoms in total. The molecule has 1 aromatic rings. The fourth-order valence-corrected chi connectivity index (χ4v) is 5.21. The van der Waals surface area contributed by atoms with Crippen molar-refractivity contribution in [2.45, 2.75) is 55.2 Å². The number of carbonyl (C=O) groups is 2. The summed E-state index contributed by atoms with van der Waals surface area (Å²) in [6, 6.07) is 9.07. The second-order valence-electron chi connectivity index (χ2n) is 7.64. The minimum atomic E-state index is -0.103. The zero-order chi connectivity index (χ0) is 17.4. The van der Waals surface area contributed by atoms with Crippen molar-refractivity contribution < 1.29 is 9.59 Å². The third-order valence-electron chi connectivity index (χ3n) is 5.54. The van der Waals surface area contributed by atoms with E-state index in [1.807, 2.05) is 21.6 Å². The van der Waals surface area contributed by atoms with Crippen LogP contribution < -0.4 is 0 Å². The van der Waals surface area contributed by atoms with E-state index in [0.29, 0.717) is 24.3 Å². The number of hydrogen-bond acceptors (Lipinski definition) is 3. The van der Waals surface area contributed by atoms with Gasteiger partial charge in [-0.3, -0.25) is 9.59 Å². The minimum Gasteiger partial charge on any atom is -0.342 e. The molecule has 0 bridgehead atoms. The van der Waals surface area contributed by atoms with E-state index in [4.69, 9.17) is 0 Å². The number of carbonyl (C=O) groups excluding carboxylic acids is 2. The van der Waals surface area contributed by atoms with E-state index in [-0.39, 0.29) is 17.7 Å². The van der Waals surface area contributed by atoms with Gasteiger partial charge in [0.2, 0.25) is 11.8 Å². The normalized spacial score (nSPS) is 24.8. The van der Waals surface area contributed by atoms with Crippen molar-refractivity contribution in [3.05, 3.63) is 29.8 Å². The standard InChI is InChI=1S/C20H26N2O2S/c1-14-3-2-4-18(11-14)25-17-7-9-21(10-8-17)20(24)15-12-19(23)22(13-15)16-5-6-16/h2-4,11,15-17H,5-10,12-13H2,1H3. The second-order valence-corrected chi connectivity index (χ2v) is 9.01. The van der Waals surface area contributed by atoms with Crippen molar-refractivity contribution in [2.24, 2.45) is 5.92 Å². The third-order valence-corrected chi connectivity index (χ3v) is 6.87. The van der Waals surface area contributed by atoms with E-state index >= 15 is 0 Å². The largest absolute Gasteiger partial charge is 0.342 e. The lowest BCUT2D eigenvalue weighted by molar-refractivity contribution is -0.136. The summed E-state index contributed by atoms with van der Waals surface area (Å²) in [5.41, 5.74) is 1.30. The Morgan fingerprint density at radius 1 is 1.16 bits per heavy atom. The number of rotatable bonds is 4. The number of thioether (sulfide) groups is 1. The van der Waals surface area contributed by atoms with Gasteiger partial charge in [-0.25, -0.2) is 0 Å². The molecule has 2 aliphatic heterocycles. The van der Waals surface area contributed by atoms with E-state index in [1.165, 1.54) is 10.5 Å². The lowest BCUT2D eigenvalue weighted by atomic mass is 10.0. The molecule has 0 aromatic heterocycles. The highest BCUT2D eigenvalue weighted by Crippen LogP contribution is 2.35. The smallest absolute Gasteiger partial charge is 0.227 e. The van der Waals surface area contributed by atoms with Crippen molar-refractivity contribution in [2.75, 3.05) is 19.6 Å². The van der Waals surface area contributed by atoms with Gasteiger partial charge in [-0.2, -0.15) is 0 Å². The molecule has 2 amide bonds. The predicted octanol–water partition coefficient (Wildman–Crippen LogP) is 3.09. The maximum absolute atomic E-state index is 12.8. The number of nitrogens with zero attached hydrogens (tertiary/aromatic N) is 2. The van der Waals surface area contributed by atoms with Crippen LogP contribution in [0.1, 0.15) is 37.7 Å². The quantitative estimate of drug-likeness (QED) is 0.830. The number of amides is 2. The molecular weight excluding hydrogens is 332 g/mol. The van der Waals surface area contributed by atoms with Gasteiger partial charge >= 0.3 is 0 Å². The van der Waals surface area contributed by atoms with Gasteiger partial charge in [0.25, 0.3) is 0 Å². The van der Waals surface area contributed by atoms with E-state index in [2.05, 4.69) is 31.2 Å². The molecule has 0 radical (unpaired) electrons. The van der Waals surface area contributed by atoms with Crippen molar-refractivity contribution in [3.63, 3.8) is 0 Å². The molecule has 4 rings (SSSR count). The highest BCUT2D eigenvalue weighted by atomic mass is 32.2. The van der Waals surface area contributed by atoms with Gasteiger partial charge in [-0.1, -0.05) is 17.7 Å². The molecule has 1 atom stereocenters. The highest BCUT2D eigenvalue weighted by Gasteiger charge is 2.43. The van der Waals surface area contributed by atoms with E-state index < -0.39 is 0 Å². The Kier molecular flexibility index (Phi) is 4.76. The number of piperidine rings is 1. The summed E-state index contributed by atoms with van der Waals surface area (Å²) in [6.07, 6.45) is 4.74. The zero-order valence-electron chi connectivity index (χ0n) is 14.8. The lowest BCUT2D eigenvalue weighted by Crippen LogP contribution is -2.43. The Morgan fingerprint density at radius 3 is 2.60 bits per heavy atom. The molecule has 5 heteroatoms. The Labute approximate surface area is 153 Å². The van der Waals surface area contributed by atoms with E-state index in [1.54, 1.807) is 0 Å². The van der Waals surface area contributed by atoms with Gasteiger partial charge in [0.05, 0.1) is 5.92 Å². The van der Waals surface area contributed by atoms with Crippen LogP contribution in [0.4, 0.5) is 0 Å². The number of hydrogen-bond donors (Lipinski definition) is 0. The highest BCUT2D eigenvalue weighted by molar-refractivity contribution is 8.00. The van der Waals surface area contributed by atoms with Gasteiger partial charge < -0.3 is 9.80 Å². The molecule has 0 spiro atoms. The first-order valence-electron chi connectivity index (χ1n) is 9.42. The van der Waals surface area contributed by atoms with Gasteiger partial charge in [-0.05, 0) is 44.7 Å². The van der Waals surface area contributed by atoms with Crippen molar-refractivity contribution in [1.82, 2.24) is 9.80 Å². The average Bonchev–Trinajstić information content (AvgIpc) is 3.37. The maximum Gasteiger partial charge on any atom is 0.227 e. The van der Waals surface area contributed by atoms with Crippen LogP contribution in [0.15, 0.2) is 29.2 Å².